The number of H-pyrrole nitrogens is 1. The van der Waals surface area contributed by atoms with Crippen molar-refractivity contribution in [2.75, 3.05) is 5.73 Å². The Balaban J connectivity index is 1.59. The first-order valence-corrected chi connectivity index (χ1v) is 7.96. The van der Waals surface area contributed by atoms with Gasteiger partial charge in [-0.2, -0.15) is 0 Å². The number of imidazole rings is 1. The van der Waals surface area contributed by atoms with Gasteiger partial charge >= 0.3 is 0 Å². The number of nitrogens with two attached hydrogens (primary N) is 1. The quantitative estimate of drug-likeness (QED) is 0.788. The molecule has 1 aromatic heterocycles. The molecule has 0 radical (unpaired) electrons. The lowest BCUT2D eigenvalue weighted by Crippen LogP contribution is -1.98. The van der Waals surface area contributed by atoms with Crippen molar-refractivity contribution in [1.82, 2.24) is 9.97 Å². The van der Waals surface area contributed by atoms with Gasteiger partial charge in [-0.3, -0.25) is 0 Å². The second-order valence-electron chi connectivity index (χ2n) is 6.53. The van der Waals surface area contributed by atoms with Crippen LogP contribution < -0.4 is 5.73 Å². The summed E-state index contributed by atoms with van der Waals surface area (Å²) in [5.74, 6) is 5.69. The fourth-order valence-electron chi connectivity index (χ4n) is 4.98. The summed E-state index contributed by atoms with van der Waals surface area (Å²) in [7, 11) is 0. The Morgan fingerprint density at radius 2 is 1.95 bits per heavy atom. The van der Waals surface area contributed by atoms with E-state index in [1.54, 1.807) is 0 Å². The fraction of sp³-hybridized carbons (Fsp3) is 0.533. The standard InChI is InChI=1S/C15H16BrN3/c16-8-4-9(17)14-10(5-8)18-15(19-14)13-11-6-1-2-7(3-6)12(11)13/h4-7,11-13H,1-3,17H2,(H,18,19). The SMILES string of the molecule is Nc1cc(Br)cc2[nH]c(C3C4C5CCC(C5)C34)nc12. The maximum absolute atomic E-state index is 6.06. The highest BCUT2D eigenvalue weighted by atomic mass is 79.9. The lowest BCUT2D eigenvalue weighted by Gasteiger charge is -2.05. The first kappa shape index (κ1) is 10.7. The van der Waals surface area contributed by atoms with Crippen LogP contribution in [0, 0.1) is 23.7 Å². The molecule has 0 amide bonds. The average molecular weight is 318 g/mol. The third-order valence-electron chi connectivity index (χ3n) is 5.65. The second-order valence-corrected chi connectivity index (χ2v) is 7.44. The molecule has 4 atom stereocenters. The molecule has 3 saturated carbocycles. The Bertz CT molecular complexity index is 676. The van der Waals surface area contributed by atoms with Gasteiger partial charge in [-0.05, 0) is 55.1 Å². The number of fused-ring (bicyclic) bond motifs is 6. The number of anilines is 1. The number of aromatic nitrogens is 2. The average Bonchev–Trinajstić information content (AvgIpc) is 2.76. The van der Waals surface area contributed by atoms with Crippen LogP contribution in [0.5, 0.6) is 0 Å². The number of hydrogen-bond acceptors (Lipinski definition) is 2. The molecule has 98 valence electrons. The van der Waals surface area contributed by atoms with Crippen LogP contribution in [0.15, 0.2) is 16.6 Å². The van der Waals surface area contributed by atoms with Crippen molar-refractivity contribution in [3.05, 3.63) is 22.4 Å². The normalized spacial score (nSPS) is 38.9. The lowest BCUT2D eigenvalue weighted by atomic mass is 10.0. The summed E-state index contributed by atoms with van der Waals surface area (Å²) in [5, 5.41) is 0. The van der Waals surface area contributed by atoms with Gasteiger partial charge < -0.3 is 10.7 Å². The Labute approximate surface area is 120 Å². The number of aromatic amines is 1. The molecule has 19 heavy (non-hydrogen) atoms. The van der Waals surface area contributed by atoms with Gasteiger partial charge in [-0.1, -0.05) is 15.9 Å². The Hall–Kier alpha value is -1.03. The van der Waals surface area contributed by atoms with Gasteiger partial charge in [0.05, 0.1) is 11.2 Å². The molecular formula is C15H16BrN3. The summed E-state index contributed by atoms with van der Waals surface area (Å²) >= 11 is 3.50. The maximum atomic E-state index is 6.06. The van der Waals surface area contributed by atoms with E-state index in [-0.39, 0.29) is 0 Å². The molecule has 1 aromatic carbocycles. The number of rotatable bonds is 1. The molecule has 1 heterocycles. The molecule has 0 saturated heterocycles. The maximum Gasteiger partial charge on any atom is 0.112 e. The topological polar surface area (TPSA) is 54.7 Å². The first-order chi connectivity index (χ1) is 9.22. The zero-order valence-corrected chi connectivity index (χ0v) is 12.2. The third-order valence-corrected chi connectivity index (χ3v) is 6.11. The Kier molecular flexibility index (Phi) is 1.89. The number of nitrogens with zero attached hydrogens (tertiary/aromatic N) is 1. The third kappa shape index (κ3) is 1.31. The van der Waals surface area contributed by atoms with Gasteiger partial charge in [0.25, 0.3) is 0 Å². The van der Waals surface area contributed by atoms with Crippen molar-refractivity contribution < 1.29 is 0 Å². The first-order valence-electron chi connectivity index (χ1n) is 7.17. The van der Waals surface area contributed by atoms with E-state index < -0.39 is 0 Å². The van der Waals surface area contributed by atoms with Crippen molar-refractivity contribution >= 4 is 32.7 Å². The van der Waals surface area contributed by atoms with Crippen molar-refractivity contribution in [1.29, 1.82) is 0 Å². The van der Waals surface area contributed by atoms with Crippen molar-refractivity contribution in [3.8, 4) is 0 Å². The number of hydrogen-bond donors (Lipinski definition) is 2. The summed E-state index contributed by atoms with van der Waals surface area (Å²) in [6.45, 7) is 0. The second kappa shape index (κ2) is 3.35. The molecule has 3 N–H and O–H groups in total. The minimum Gasteiger partial charge on any atom is -0.397 e. The van der Waals surface area contributed by atoms with Gasteiger partial charge in [0.2, 0.25) is 0 Å². The molecule has 3 fully saturated rings. The van der Waals surface area contributed by atoms with Crippen LogP contribution in [0.25, 0.3) is 11.0 Å². The van der Waals surface area contributed by atoms with E-state index in [1.165, 1.54) is 25.1 Å². The van der Waals surface area contributed by atoms with E-state index in [1.807, 2.05) is 6.07 Å². The fourth-order valence-corrected chi connectivity index (χ4v) is 5.45. The summed E-state index contributed by atoms with van der Waals surface area (Å²) < 4.78 is 1.02. The Morgan fingerprint density at radius 3 is 2.68 bits per heavy atom. The summed E-state index contributed by atoms with van der Waals surface area (Å²) in [5.41, 5.74) is 8.83. The van der Waals surface area contributed by atoms with Gasteiger partial charge in [0.1, 0.15) is 11.3 Å². The predicted molar refractivity (Wildman–Crippen MR) is 78.8 cm³/mol. The van der Waals surface area contributed by atoms with Crippen molar-refractivity contribution in [2.45, 2.75) is 25.2 Å². The van der Waals surface area contributed by atoms with Crippen LogP contribution in [-0.4, -0.2) is 9.97 Å². The van der Waals surface area contributed by atoms with Gasteiger partial charge in [-0.25, -0.2) is 4.98 Å². The van der Waals surface area contributed by atoms with Gasteiger partial charge in [-0.15, -0.1) is 0 Å². The molecule has 2 bridgehead atoms. The van der Waals surface area contributed by atoms with Crippen LogP contribution in [0.3, 0.4) is 0 Å². The van der Waals surface area contributed by atoms with E-state index in [0.717, 1.165) is 44.9 Å². The number of nitrogens with one attached hydrogen (secondary N) is 1. The minimum absolute atomic E-state index is 0.692. The van der Waals surface area contributed by atoms with Crippen LogP contribution in [0.4, 0.5) is 5.69 Å². The van der Waals surface area contributed by atoms with Crippen LogP contribution >= 0.6 is 15.9 Å². The lowest BCUT2D eigenvalue weighted by molar-refractivity contribution is 0.456. The van der Waals surface area contributed by atoms with E-state index in [2.05, 4.69) is 27.0 Å². The van der Waals surface area contributed by atoms with E-state index >= 15 is 0 Å². The van der Waals surface area contributed by atoms with E-state index in [4.69, 9.17) is 10.7 Å². The minimum atomic E-state index is 0.692. The zero-order chi connectivity index (χ0) is 12.7. The van der Waals surface area contributed by atoms with Crippen molar-refractivity contribution in [2.24, 2.45) is 23.7 Å². The molecule has 0 aliphatic heterocycles. The number of halogens is 1. The van der Waals surface area contributed by atoms with Crippen molar-refractivity contribution in [3.63, 3.8) is 0 Å². The molecular weight excluding hydrogens is 302 g/mol. The van der Waals surface area contributed by atoms with Gasteiger partial charge in [0, 0.05) is 10.4 Å². The number of nitrogen functional groups attached to an aromatic ring is 1. The molecule has 5 rings (SSSR count). The highest BCUT2D eigenvalue weighted by Crippen LogP contribution is 2.72. The molecule has 3 aliphatic rings. The summed E-state index contributed by atoms with van der Waals surface area (Å²) in [6, 6.07) is 4.01. The largest absolute Gasteiger partial charge is 0.397 e. The van der Waals surface area contributed by atoms with Crippen LogP contribution in [0.1, 0.15) is 31.0 Å². The van der Waals surface area contributed by atoms with E-state index in [0.29, 0.717) is 5.92 Å². The predicted octanol–water partition coefficient (Wildman–Crippen LogP) is 3.67. The summed E-state index contributed by atoms with van der Waals surface area (Å²) in [4.78, 5) is 8.31. The molecule has 0 spiro atoms. The van der Waals surface area contributed by atoms with Crippen LogP contribution in [-0.2, 0) is 0 Å². The molecule has 2 aromatic rings. The van der Waals surface area contributed by atoms with Crippen LogP contribution in [0.2, 0.25) is 0 Å². The number of benzene rings is 1. The van der Waals surface area contributed by atoms with Gasteiger partial charge in [0.15, 0.2) is 0 Å². The highest BCUT2D eigenvalue weighted by molar-refractivity contribution is 9.10. The zero-order valence-electron chi connectivity index (χ0n) is 10.6. The molecule has 3 nitrogen and oxygen atoms in total. The molecule has 3 aliphatic carbocycles. The summed E-state index contributed by atoms with van der Waals surface area (Å²) in [6.07, 6.45) is 4.40. The van der Waals surface area contributed by atoms with E-state index in [9.17, 15) is 0 Å². The Morgan fingerprint density at radius 1 is 1.21 bits per heavy atom. The molecule has 4 unspecified atom stereocenters. The molecule has 4 heteroatoms. The smallest absolute Gasteiger partial charge is 0.112 e. The monoisotopic (exact) mass is 317 g/mol. The highest BCUT2D eigenvalue weighted by Gasteiger charge is 2.66.